The van der Waals surface area contributed by atoms with Gasteiger partial charge in [-0.2, -0.15) is 0 Å². The molecule has 1 aliphatic heterocycles. The minimum absolute atomic E-state index is 0.0247. The smallest absolute Gasteiger partial charge is 0.318 e. The summed E-state index contributed by atoms with van der Waals surface area (Å²) >= 11 is 0. The summed E-state index contributed by atoms with van der Waals surface area (Å²) in [6.07, 6.45) is 1.67. The summed E-state index contributed by atoms with van der Waals surface area (Å²) in [6, 6.07) is 24.9. The normalized spacial score (nSPS) is 15.3. The van der Waals surface area contributed by atoms with E-state index in [1.807, 2.05) is 60.7 Å². The van der Waals surface area contributed by atoms with E-state index in [1.165, 1.54) is 18.2 Å². The van der Waals surface area contributed by atoms with Crippen molar-refractivity contribution in [2.24, 2.45) is 0 Å². The maximum atomic E-state index is 13.6. The lowest BCUT2D eigenvalue weighted by molar-refractivity contribution is -0.123. The Bertz CT molecular complexity index is 1380. The quantitative estimate of drug-likeness (QED) is 0.342. The van der Waals surface area contributed by atoms with E-state index in [0.29, 0.717) is 26.3 Å². The van der Waals surface area contributed by atoms with Crippen molar-refractivity contribution in [2.45, 2.75) is 30.0 Å². The van der Waals surface area contributed by atoms with E-state index in [1.54, 1.807) is 23.1 Å². The van der Waals surface area contributed by atoms with Crippen LogP contribution in [0.5, 0.6) is 0 Å². The summed E-state index contributed by atoms with van der Waals surface area (Å²) in [7, 11) is -3.75. The van der Waals surface area contributed by atoms with E-state index in [4.69, 9.17) is 9.47 Å². The molecule has 3 amide bonds. The highest BCUT2D eigenvalue weighted by Crippen LogP contribution is 2.12. The Kier molecular flexibility index (Phi) is 11.1. The number of urea groups is 1. The van der Waals surface area contributed by atoms with Crippen molar-refractivity contribution < 1.29 is 27.5 Å². The Balaban J connectivity index is 1.50. The average molecular weight is 578 g/mol. The molecule has 41 heavy (non-hydrogen) atoms. The van der Waals surface area contributed by atoms with Crippen LogP contribution in [0.2, 0.25) is 0 Å². The number of amides is 3. The van der Waals surface area contributed by atoms with Crippen LogP contribution in [0, 0.1) is 0 Å². The molecule has 0 spiro atoms. The van der Waals surface area contributed by atoms with Crippen molar-refractivity contribution in [3.8, 4) is 0 Å². The standard InChI is InChI=1S/C31H35N3O6S/c35-30(29(22-25-10-4-1-5-11-25)33-31(36)34-17-19-39-20-18-34)32-27(24-40-23-26-12-6-2-7-13-26)16-21-41(37,38)28-14-8-3-9-15-28/h1-16,21,27,29H,17-20,22-24H2,(H,32,35)(H,33,36)/b21-16+/t27-,29-/m0/s1. The van der Waals surface area contributed by atoms with Gasteiger partial charge >= 0.3 is 6.03 Å². The maximum Gasteiger partial charge on any atom is 0.318 e. The van der Waals surface area contributed by atoms with Gasteiger partial charge in [0, 0.05) is 24.9 Å². The Hall–Kier alpha value is -3.99. The van der Waals surface area contributed by atoms with Gasteiger partial charge in [0.1, 0.15) is 6.04 Å². The number of nitrogens with zero attached hydrogens (tertiary/aromatic N) is 1. The van der Waals surface area contributed by atoms with Gasteiger partial charge in [-0.3, -0.25) is 4.79 Å². The molecule has 0 bridgehead atoms. The molecule has 3 aromatic rings. The monoisotopic (exact) mass is 577 g/mol. The van der Waals surface area contributed by atoms with Crippen molar-refractivity contribution in [1.82, 2.24) is 15.5 Å². The zero-order valence-corrected chi connectivity index (χ0v) is 23.5. The van der Waals surface area contributed by atoms with Crippen molar-refractivity contribution >= 4 is 21.8 Å². The summed E-state index contributed by atoms with van der Waals surface area (Å²) in [5, 5.41) is 6.82. The Morgan fingerprint density at radius 2 is 1.44 bits per heavy atom. The number of hydrogen-bond donors (Lipinski definition) is 2. The predicted molar refractivity (Wildman–Crippen MR) is 156 cm³/mol. The van der Waals surface area contributed by atoms with Crippen LogP contribution >= 0.6 is 0 Å². The molecule has 2 atom stereocenters. The topological polar surface area (TPSA) is 114 Å². The van der Waals surface area contributed by atoms with Gasteiger partial charge in [-0.15, -0.1) is 0 Å². The van der Waals surface area contributed by atoms with E-state index in [0.717, 1.165) is 16.5 Å². The SMILES string of the molecule is O=C(N[C@@H](/C=C/S(=O)(=O)c1ccccc1)COCc1ccccc1)[C@H](Cc1ccccc1)NC(=O)N1CCOCC1. The van der Waals surface area contributed by atoms with Gasteiger partial charge in [0.25, 0.3) is 0 Å². The Morgan fingerprint density at radius 3 is 2.07 bits per heavy atom. The number of ether oxygens (including phenoxy) is 2. The number of nitrogens with one attached hydrogen (secondary N) is 2. The molecule has 1 heterocycles. The molecule has 0 unspecified atom stereocenters. The summed E-state index contributed by atoms with van der Waals surface area (Å²) in [6.45, 7) is 2.04. The van der Waals surface area contributed by atoms with Gasteiger partial charge < -0.3 is 25.0 Å². The van der Waals surface area contributed by atoms with E-state index in [-0.39, 0.29) is 30.6 Å². The zero-order valence-electron chi connectivity index (χ0n) is 22.7. The molecule has 0 aromatic heterocycles. The first-order valence-electron chi connectivity index (χ1n) is 13.5. The fraction of sp³-hybridized carbons (Fsp3) is 0.290. The van der Waals surface area contributed by atoms with Gasteiger partial charge in [0.15, 0.2) is 9.84 Å². The lowest BCUT2D eigenvalue weighted by atomic mass is 10.0. The molecule has 3 aromatic carbocycles. The third-order valence-electron chi connectivity index (χ3n) is 6.49. The molecule has 0 saturated carbocycles. The number of carbonyl (C=O) groups excluding carboxylic acids is 2. The Labute approximate surface area is 241 Å². The summed E-state index contributed by atoms with van der Waals surface area (Å²) < 4.78 is 37.0. The summed E-state index contributed by atoms with van der Waals surface area (Å²) in [5.41, 5.74) is 1.81. The summed E-state index contributed by atoms with van der Waals surface area (Å²) in [5.74, 6) is -0.453. The maximum absolute atomic E-state index is 13.6. The van der Waals surface area contributed by atoms with Crippen molar-refractivity contribution in [3.63, 3.8) is 0 Å². The van der Waals surface area contributed by atoms with Crippen LogP contribution in [-0.4, -0.2) is 70.2 Å². The van der Waals surface area contributed by atoms with Crippen LogP contribution < -0.4 is 10.6 Å². The highest BCUT2D eigenvalue weighted by molar-refractivity contribution is 7.94. The van der Waals surface area contributed by atoms with Crippen LogP contribution in [0.3, 0.4) is 0 Å². The van der Waals surface area contributed by atoms with Crippen LogP contribution in [0.1, 0.15) is 11.1 Å². The van der Waals surface area contributed by atoms with Crippen molar-refractivity contribution in [2.75, 3.05) is 32.9 Å². The van der Waals surface area contributed by atoms with Crippen LogP contribution in [0.25, 0.3) is 0 Å². The number of rotatable bonds is 12. The second kappa shape index (κ2) is 15.1. The van der Waals surface area contributed by atoms with Gasteiger partial charge in [0.05, 0.1) is 37.4 Å². The molecule has 2 N–H and O–H groups in total. The first-order chi connectivity index (χ1) is 19.9. The molecule has 1 fully saturated rings. The van der Waals surface area contributed by atoms with E-state index in [9.17, 15) is 18.0 Å². The third kappa shape index (κ3) is 9.56. The molecule has 1 saturated heterocycles. The molecule has 1 aliphatic rings. The number of hydrogen-bond acceptors (Lipinski definition) is 6. The van der Waals surface area contributed by atoms with Crippen molar-refractivity contribution in [1.29, 1.82) is 0 Å². The molecule has 216 valence electrons. The molecule has 9 nitrogen and oxygen atoms in total. The van der Waals surface area contributed by atoms with Gasteiger partial charge in [-0.05, 0) is 29.3 Å². The fourth-order valence-electron chi connectivity index (χ4n) is 4.26. The zero-order chi connectivity index (χ0) is 28.9. The van der Waals surface area contributed by atoms with E-state index >= 15 is 0 Å². The van der Waals surface area contributed by atoms with Gasteiger partial charge in [-0.25, -0.2) is 13.2 Å². The minimum atomic E-state index is -3.75. The Morgan fingerprint density at radius 1 is 0.854 bits per heavy atom. The minimum Gasteiger partial charge on any atom is -0.378 e. The predicted octanol–water partition coefficient (Wildman–Crippen LogP) is 3.33. The molecule has 10 heteroatoms. The van der Waals surface area contributed by atoms with Gasteiger partial charge in [-0.1, -0.05) is 78.9 Å². The number of sulfone groups is 1. The average Bonchev–Trinajstić information content (AvgIpc) is 3.01. The third-order valence-corrected chi connectivity index (χ3v) is 7.94. The highest BCUT2D eigenvalue weighted by atomic mass is 32.2. The number of benzene rings is 3. The first kappa shape index (κ1) is 30.0. The van der Waals surface area contributed by atoms with Crippen LogP contribution in [-0.2, 0) is 37.1 Å². The molecule has 4 rings (SSSR count). The van der Waals surface area contributed by atoms with Crippen LogP contribution in [0.15, 0.2) is 107 Å². The van der Waals surface area contributed by atoms with E-state index in [2.05, 4.69) is 10.6 Å². The largest absolute Gasteiger partial charge is 0.378 e. The number of morpholine rings is 1. The second-order valence-corrected chi connectivity index (χ2v) is 11.4. The summed E-state index contributed by atoms with van der Waals surface area (Å²) in [4.78, 5) is 28.3. The molecular weight excluding hydrogens is 542 g/mol. The highest BCUT2D eigenvalue weighted by Gasteiger charge is 2.26. The lowest BCUT2D eigenvalue weighted by Gasteiger charge is -2.29. The molecular formula is C31H35N3O6S. The van der Waals surface area contributed by atoms with E-state index < -0.39 is 27.8 Å². The fourth-order valence-corrected chi connectivity index (χ4v) is 5.35. The van der Waals surface area contributed by atoms with Gasteiger partial charge in [0.2, 0.25) is 5.91 Å². The number of carbonyl (C=O) groups is 2. The molecule has 0 aliphatic carbocycles. The second-order valence-electron chi connectivity index (χ2n) is 9.59. The molecule has 0 radical (unpaired) electrons. The van der Waals surface area contributed by atoms with Crippen molar-refractivity contribution in [3.05, 3.63) is 114 Å². The van der Waals surface area contributed by atoms with Crippen LogP contribution in [0.4, 0.5) is 4.79 Å². The lowest BCUT2D eigenvalue weighted by Crippen LogP contribution is -2.55. The first-order valence-corrected chi connectivity index (χ1v) is 15.0.